The number of aromatic nitrogens is 1. The van der Waals surface area contributed by atoms with Crippen molar-refractivity contribution in [1.29, 1.82) is 0 Å². The van der Waals surface area contributed by atoms with Crippen LogP contribution in [0, 0.1) is 0 Å². The smallest absolute Gasteiger partial charge is 0.316 e. The normalized spacial score (nSPS) is 10.5. The summed E-state index contributed by atoms with van der Waals surface area (Å²) in [5, 5.41) is 11.5. The minimum atomic E-state index is -0.833. The predicted molar refractivity (Wildman–Crippen MR) is 100 cm³/mol. The molecule has 6 heteroatoms. The van der Waals surface area contributed by atoms with Crippen LogP contribution in [0.5, 0.6) is 0 Å². The highest BCUT2D eigenvalue weighted by molar-refractivity contribution is 5.87. The molecule has 0 fully saturated rings. The first-order chi connectivity index (χ1) is 12.5. The topological polar surface area (TPSA) is 97.4 Å². The van der Waals surface area contributed by atoms with Crippen LogP contribution in [0.15, 0.2) is 66.7 Å². The molecule has 0 spiro atoms. The Morgan fingerprint density at radius 1 is 0.962 bits per heavy atom. The number of carboxylic acids is 1. The number of hydrogen-bond acceptors (Lipinski definition) is 2. The molecule has 4 N–H and O–H groups in total. The van der Waals surface area contributed by atoms with E-state index < -0.39 is 12.0 Å². The fourth-order valence-corrected chi connectivity index (χ4v) is 2.88. The molecular weight excluding hydrogens is 330 g/mol. The number of primary amides is 1. The van der Waals surface area contributed by atoms with Gasteiger partial charge < -0.3 is 20.7 Å². The number of amides is 2. The van der Waals surface area contributed by atoms with Crippen molar-refractivity contribution in [2.75, 3.05) is 5.32 Å². The van der Waals surface area contributed by atoms with Crippen molar-refractivity contribution in [1.82, 2.24) is 4.57 Å². The lowest BCUT2D eigenvalue weighted by Crippen LogP contribution is -2.19. The van der Waals surface area contributed by atoms with Crippen LogP contribution < -0.4 is 11.1 Å². The lowest BCUT2D eigenvalue weighted by Gasteiger charge is -2.14. The van der Waals surface area contributed by atoms with Gasteiger partial charge in [0.1, 0.15) is 0 Å². The Balaban J connectivity index is 2.03. The summed E-state index contributed by atoms with van der Waals surface area (Å²) in [4.78, 5) is 22.0. The summed E-state index contributed by atoms with van der Waals surface area (Å²) in [5.74, 6) is -0.833. The van der Waals surface area contributed by atoms with Gasteiger partial charge in [-0.05, 0) is 48.4 Å². The number of hydrogen-bond donors (Lipinski definition) is 3. The highest BCUT2D eigenvalue weighted by Crippen LogP contribution is 2.28. The number of nitrogens with two attached hydrogens (primary N) is 1. The highest BCUT2D eigenvalue weighted by Gasteiger charge is 2.13. The van der Waals surface area contributed by atoms with Gasteiger partial charge in [-0.3, -0.25) is 4.79 Å². The van der Waals surface area contributed by atoms with Gasteiger partial charge in [0, 0.05) is 17.1 Å². The molecule has 2 aromatic carbocycles. The first kappa shape index (κ1) is 17.3. The zero-order valence-electron chi connectivity index (χ0n) is 14.1. The third-order valence-corrected chi connectivity index (χ3v) is 4.02. The molecule has 0 bridgehead atoms. The number of aliphatic carboxylic acids is 1. The van der Waals surface area contributed by atoms with E-state index in [-0.39, 0.29) is 6.42 Å². The molecule has 6 nitrogen and oxygen atoms in total. The zero-order chi connectivity index (χ0) is 18.5. The van der Waals surface area contributed by atoms with Crippen LogP contribution >= 0.6 is 0 Å². The average Bonchev–Trinajstić information content (AvgIpc) is 3.05. The van der Waals surface area contributed by atoms with E-state index >= 15 is 0 Å². The van der Waals surface area contributed by atoms with Crippen LogP contribution in [0.4, 0.5) is 10.5 Å². The Bertz CT molecular complexity index is 915. The number of carboxylic acid groups (broad SMARTS) is 1. The van der Waals surface area contributed by atoms with Gasteiger partial charge in [0.2, 0.25) is 0 Å². The van der Waals surface area contributed by atoms with E-state index in [9.17, 15) is 9.59 Å². The second kappa shape index (κ2) is 7.57. The van der Waals surface area contributed by atoms with Crippen LogP contribution in [0.2, 0.25) is 0 Å². The molecule has 132 valence electrons. The Morgan fingerprint density at radius 3 is 2.27 bits per heavy atom. The molecule has 0 unspecified atom stereocenters. The molecular formula is C20H19N3O3. The second-order valence-electron chi connectivity index (χ2n) is 5.84. The molecule has 0 radical (unpaired) electrons. The van der Waals surface area contributed by atoms with Gasteiger partial charge in [0.05, 0.1) is 12.1 Å². The molecule has 3 rings (SSSR count). The number of benzene rings is 2. The van der Waals surface area contributed by atoms with Crippen molar-refractivity contribution >= 4 is 17.7 Å². The Hall–Kier alpha value is -3.54. The van der Waals surface area contributed by atoms with E-state index in [1.807, 2.05) is 59.2 Å². The number of nitrogens with one attached hydrogen (secondary N) is 1. The molecule has 3 aromatic rings. The second-order valence-corrected chi connectivity index (χ2v) is 5.84. The summed E-state index contributed by atoms with van der Waals surface area (Å²) in [6.45, 7) is 0. The van der Waals surface area contributed by atoms with E-state index in [1.54, 1.807) is 12.1 Å². The number of carbonyl (C=O) groups excluding carboxylic acids is 1. The van der Waals surface area contributed by atoms with Crippen LogP contribution in [0.3, 0.4) is 0 Å². The monoisotopic (exact) mass is 349 g/mol. The molecule has 0 aliphatic heterocycles. The number of rotatable bonds is 6. The Labute approximate surface area is 150 Å². The molecule has 0 aliphatic carbocycles. The van der Waals surface area contributed by atoms with Crippen molar-refractivity contribution in [2.24, 2.45) is 5.73 Å². The summed E-state index contributed by atoms with van der Waals surface area (Å²) in [6, 6.07) is 20.5. The summed E-state index contributed by atoms with van der Waals surface area (Å²) >= 11 is 0. The predicted octanol–water partition coefficient (Wildman–Crippen LogP) is 3.65. The SMILES string of the molecule is NC(=O)Nc1ccc(-n2c(CCC(=O)O)ccc2-c2ccccc2)cc1. The maximum Gasteiger partial charge on any atom is 0.316 e. The van der Waals surface area contributed by atoms with Gasteiger partial charge in [-0.25, -0.2) is 4.79 Å². The summed E-state index contributed by atoms with van der Waals surface area (Å²) < 4.78 is 2.03. The van der Waals surface area contributed by atoms with Crippen LogP contribution in [0.1, 0.15) is 12.1 Å². The highest BCUT2D eigenvalue weighted by atomic mass is 16.4. The summed E-state index contributed by atoms with van der Waals surface area (Å²) in [5.41, 5.74) is 9.53. The molecule has 26 heavy (non-hydrogen) atoms. The molecule has 1 heterocycles. The van der Waals surface area contributed by atoms with Crippen molar-refractivity contribution in [3.8, 4) is 16.9 Å². The van der Waals surface area contributed by atoms with Crippen molar-refractivity contribution in [2.45, 2.75) is 12.8 Å². The zero-order valence-corrected chi connectivity index (χ0v) is 14.1. The Morgan fingerprint density at radius 2 is 1.65 bits per heavy atom. The molecule has 0 atom stereocenters. The van der Waals surface area contributed by atoms with Crippen molar-refractivity contribution in [3.63, 3.8) is 0 Å². The maximum atomic E-state index is 11.0. The first-order valence-corrected chi connectivity index (χ1v) is 8.19. The van der Waals surface area contributed by atoms with Gasteiger partial charge >= 0.3 is 12.0 Å². The number of nitrogens with zero attached hydrogens (tertiary/aromatic N) is 1. The quantitative estimate of drug-likeness (QED) is 0.633. The van der Waals surface area contributed by atoms with Crippen LogP contribution in [-0.2, 0) is 11.2 Å². The van der Waals surface area contributed by atoms with Crippen molar-refractivity contribution < 1.29 is 14.7 Å². The molecule has 0 saturated heterocycles. The van der Waals surface area contributed by atoms with Gasteiger partial charge in [0.15, 0.2) is 0 Å². The van der Waals surface area contributed by atoms with Gasteiger partial charge in [-0.2, -0.15) is 0 Å². The Kier molecular flexibility index (Phi) is 5.03. The number of carbonyl (C=O) groups is 2. The van der Waals surface area contributed by atoms with Gasteiger partial charge in [0.25, 0.3) is 0 Å². The van der Waals surface area contributed by atoms with Gasteiger partial charge in [-0.15, -0.1) is 0 Å². The van der Waals surface area contributed by atoms with Crippen molar-refractivity contribution in [3.05, 3.63) is 72.4 Å². The summed E-state index contributed by atoms with van der Waals surface area (Å²) in [7, 11) is 0. The molecule has 2 amide bonds. The lowest BCUT2D eigenvalue weighted by molar-refractivity contribution is -0.136. The standard InChI is InChI=1S/C20H19N3O3/c21-20(26)22-15-6-8-16(9-7-15)23-17(11-13-19(24)25)10-12-18(23)14-4-2-1-3-5-14/h1-10,12H,11,13H2,(H,24,25)(H3,21,22,26). The first-order valence-electron chi connectivity index (χ1n) is 8.19. The van der Waals surface area contributed by atoms with E-state index in [4.69, 9.17) is 10.8 Å². The number of aryl methyl sites for hydroxylation is 1. The van der Waals surface area contributed by atoms with E-state index in [1.165, 1.54) is 0 Å². The van der Waals surface area contributed by atoms with Gasteiger partial charge in [-0.1, -0.05) is 30.3 Å². The molecule has 1 aromatic heterocycles. The largest absolute Gasteiger partial charge is 0.481 e. The van der Waals surface area contributed by atoms with Crippen LogP contribution in [-0.4, -0.2) is 21.7 Å². The van der Waals surface area contributed by atoms with E-state index in [2.05, 4.69) is 5.32 Å². The van der Waals surface area contributed by atoms with E-state index in [0.717, 1.165) is 22.6 Å². The van der Waals surface area contributed by atoms with E-state index in [0.29, 0.717) is 12.1 Å². The molecule has 0 saturated carbocycles. The maximum absolute atomic E-state index is 11.0. The lowest BCUT2D eigenvalue weighted by atomic mass is 10.1. The number of anilines is 1. The minimum absolute atomic E-state index is 0.0551. The minimum Gasteiger partial charge on any atom is -0.481 e. The summed E-state index contributed by atoms with van der Waals surface area (Å²) in [6.07, 6.45) is 0.475. The number of urea groups is 1. The molecule has 0 aliphatic rings. The van der Waals surface area contributed by atoms with Crippen LogP contribution in [0.25, 0.3) is 16.9 Å². The third-order valence-electron chi connectivity index (χ3n) is 4.02. The fraction of sp³-hybridized carbons (Fsp3) is 0.100. The average molecular weight is 349 g/mol. The fourth-order valence-electron chi connectivity index (χ4n) is 2.88. The third kappa shape index (κ3) is 3.92.